The van der Waals surface area contributed by atoms with Gasteiger partial charge in [0.15, 0.2) is 10.9 Å². The van der Waals surface area contributed by atoms with Crippen molar-refractivity contribution in [1.82, 2.24) is 14.8 Å². The Morgan fingerprint density at radius 2 is 2.07 bits per heavy atom. The average Bonchev–Trinajstić information content (AvgIpc) is 3.36. The van der Waals surface area contributed by atoms with Crippen LogP contribution in [0.2, 0.25) is 0 Å². The van der Waals surface area contributed by atoms with Crippen molar-refractivity contribution in [3.63, 3.8) is 0 Å². The fourth-order valence-electron chi connectivity index (χ4n) is 2.99. The zero-order valence-electron chi connectivity index (χ0n) is 16.4. The van der Waals surface area contributed by atoms with E-state index in [0.29, 0.717) is 23.3 Å². The number of fused-ring (bicyclic) bond motifs is 1. The van der Waals surface area contributed by atoms with Gasteiger partial charge in [0.1, 0.15) is 5.58 Å². The van der Waals surface area contributed by atoms with E-state index in [0.717, 1.165) is 21.6 Å². The maximum Gasteiger partial charge on any atom is 0.234 e. The van der Waals surface area contributed by atoms with Crippen molar-refractivity contribution in [3.8, 4) is 11.6 Å². The van der Waals surface area contributed by atoms with E-state index < -0.39 is 0 Å². The van der Waals surface area contributed by atoms with Crippen LogP contribution in [0.25, 0.3) is 22.6 Å². The monoisotopic (exact) mass is 436 g/mol. The molecule has 152 valence electrons. The van der Waals surface area contributed by atoms with Gasteiger partial charge in [0, 0.05) is 22.5 Å². The van der Waals surface area contributed by atoms with Gasteiger partial charge in [-0.1, -0.05) is 42.1 Å². The van der Waals surface area contributed by atoms with Crippen LogP contribution in [0.1, 0.15) is 0 Å². The molecule has 30 heavy (non-hydrogen) atoms. The highest BCUT2D eigenvalue weighted by Crippen LogP contribution is 2.29. The summed E-state index contributed by atoms with van der Waals surface area (Å²) >= 11 is 2.96. The highest BCUT2D eigenvalue weighted by Gasteiger charge is 2.18. The maximum absolute atomic E-state index is 12.4. The van der Waals surface area contributed by atoms with Crippen LogP contribution in [-0.2, 0) is 11.3 Å². The number of amides is 1. The smallest absolute Gasteiger partial charge is 0.234 e. The molecular weight excluding hydrogens is 416 g/mol. The number of thioether (sulfide) groups is 2. The van der Waals surface area contributed by atoms with Crippen LogP contribution < -0.4 is 5.32 Å². The number of furan rings is 1. The van der Waals surface area contributed by atoms with Crippen LogP contribution in [0.4, 0.5) is 5.69 Å². The number of rotatable bonds is 8. The number of benzene rings is 2. The molecule has 4 aromatic rings. The number of nitrogens with one attached hydrogen (secondary N) is 1. The summed E-state index contributed by atoms with van der Waals surface area (Å²) in [6.45, 7) is 4.34. The van der Waals surface area contributed by atoms with Gasteiger partial charge in [-0.3, -0.25) is 9.36 Å². The Balaban J connectivity index is 1.50. The standard InChI is InChI=1S/C22H20N4O2S2/c1-3-11-26-21(19-12-15-7-4-5-10-18(15)28-19)24-25-22(26)30-14-20(27)23-16-8-6-9-17(13-16)29-2/h3-10,12-13H,1,11,14H2,2H3,(H,23,27). The molecule has 2 aromatic heterocycles. The Kier molecular flexibility index (Phi) is 6.25. The summed E-state index contributed by atoms with van der Waals surface area (Å²) in [5, 5.41) is 13.1. The lowest BCUT2D eigenvalue weighted by atomic mass is 10.2. The van der Waals surface area contributed by atoms with E-state index in [1.807, 2.05) is 65.4 Å². The third-order valence-electron chi connectivity index (χ3n) is 4.36. The molecule has 0 saturated heterocycles. The molecule has 6 nitrogen and oxygen atoms in total. The fourth-order valence-corrected chi connectivity index (χ4v) is 4.20. The van der Waals surface area contributed by atoms with Gasteiger partial charge in [-0.15, -0.1) is 28.5 Å². The topological polar surface area (TPSA) is 73.0 Å². The van der Waals surface area contributed by atoms with Crippen molar-refractivity contribution in [3.05, 3.63) is 67.3 Å². The third-order valence-corrected chi connectivity index (χ3v) is 6.05. The number of para-hydroxylation sites is 1. The van der Waals surface area contributed by atoms with Gasteiger partial charge in [0.05, 0.1) is 5.75 Å². The first-order valence-electron chi connectivity index (χ1n) is 9.27. The number of nitrogens with zero attached hydrogens (tertiary/aromatic N) is 3. The SMILES string of the molecule is C=CCn1c(SCC(=O)Nc2cccc(SC)c2)nnc1-c1cc2ccccc2o1. The van der Waals surface area contributed by atoms with E-state index in [2.05, 4.69) is 22.1 Å². The van der Waals surface area contributed by atoms with Gasteiger partial charge in [-0.2, -0.15) is 0 Å². The minimum atomic E-state index is -0.100. The molecule has 1 N–H and O–H groups in total. The highest BCUT2D eigenvalue weighted by molar-refractivity contribution is 7.99. The van der Waals surface area contributed by atoms with Crippen LogP contribution in [-0.4, -0.2) is 32.7 Å². The van der Waals surface area contributed by atoms with E-state index in [-0.39, 0.29) is 11.7 Å². The van der Waals surface area contributed by atoms with Crippen LogP contribution >= 0.6 is 23.5 Å². The first-order chi connectivity index (χ1) is 14.7. The van der Waals surface area contributed by atoms with Gasteiger partial charge < -0.3 is 9.73 Å². The molecule has 4 rings (SSSR count). The van der Waals surface area contributed by atoms with E-state index in [9.17, 15) is 4.79 Å². The van der Waals surface area contributed by atoms with Crippen molar-refractivity contribution < 1.29 is 9.21 Å². The summed E-state index contributed by atoms with van der Waals surface area (Å²) in [7, 11) is 0. The zero-order valence-corrected chi connectivity index (χ0v) is 18.0. The molecule has 0 spiro atoms. The second kappa shape index (κ2) is 9.23. The van der Waals surface area contributed by atoms with E-state index in [4.69, 9.17) is 4.42 Å². The summed E-state index contributed by atoms with van der Waals surface area (Å²) in [4.78, 5) is 13.5. The number of anilines is 1. The highest BCUT2D eigenvalue weighted by atomic mass is 32.2. The molecule has 8 heteroatoms. The van der Waals surface area contributed by atoms with Crippen LogP contribution in [0.3, 0.4) is 0 Å². The van der Waals surface area contributed by atoms with Gasteiger partial charge in [0.25, 0.3) is 0 Å². The van der Waals surface area contributed by atoms with Gasteiger partial charge in [-0.05, 0) is 36.6 Å². The van der Waals surface area contributed by atoms with Crippen molar-refractivity contribution in [1.29, 1.82) is 0 Å². The minimum absolute atomic E-state index is 0.100. The van der Waals surface area contributed by atoms with E-state index in [1.54, 1.807) is 17.8 Å². The third kappa shape index (κ3) is 4.44. The molecule has 0 atom stereocenters. The van der Waals surface area contributed by atoms with Crippen LogP contribution in [0.5, 0.6) is 0 Å². The molecule has 0 unspecified atom stereocenters. The molecule has 2 aromatic carbocycles. The zero-order chi connectivity index (χ0) is 20.9. The second-order valence-electron chi connectivity index (χ2n) is 6.42. The van der Waals surface area contributed by atoms with Gasteiger partial charge in [-0.25, -0.2) is 0 Å². The quantitative estimate of drug-likeness (QED) is 0.297. The Morgan fingerprint density at radius 3 is 2.87 bits per heavy atom. The molecule has 0 aliphatic rings. The predicted octanol–water partition coefficient (Wildman–Crippen LogP) is 5.33. The molecule has 0 saturated carbocycles. The summed E-state index contributed by atoms with van der Waals surface area (Å²) < 4.78 is 7.83. The van der Waals surface area contributed by atoms with Crippen molar-refractivity contribution >= 4 is 46.1 Å². The lowest BCUT2D eigenvalue weighted by Gasteiger charge is -2.08. The first kappa shape index (κ1) is 20.3. The van der Waals surface area contributed by atoms with Crippen molar-refractivity contribution in [2.75, 3.05) is 17.3 Å². The van der Waals surface area contributed by atoms with Gasteiger partial charge >= 0.3 is 0 Å². The van der Waals surface area contributed by atoms with Crippen LogP contribution in [0, 0.1) is 0 Å². The Labute approximate surface area is 182 Å². The fraction of sp³-hybridized carbons (Fsp3) is 0.136. The molecule has 0 bridgehead atoms. The lowest BCUT2D eigenvalue weighted by molar-refractivity contribution is -0.113. The maximum atomic E-state index is 12.4. The van der Waals surface area contributed by atoms with Crippen LogP contribution in [0.15, 0.2) is 81.7 Å². The molecule has 1 amide bonds. The summed E-state index contributed by atoms with van der Waals surface area (Å²) in [6, 6.07) is 17.5. The number of carbonyl (C=O) groups is 1. The number of carbonyl (C=O) groups excluding carboxylic acids is 1. The number of allylic oxidation sites excluding steroid dienone is 1. The summed E-state index contributed by atoms with van der Waals surface area (Å²) in [5.41, 5.74) is 1.57. The largest absolute Gasteiger partial charge is 0.453 e. The normalized spacial score (nSPS) is 11.0. The van der Waals surface area contributed by atoms with E-state index >= 15 is 0 Å². The molecule has 0 radical (unpaired) electrons. The van der Waals surface area contributed by atoms with E-state index in [1.165, 1.54) is 11.8 Å². The summed E-state index contributed by atoms with van der Waals surface area (Å²) in [5.74, 6) is 1.37. The molecule has 0 aliphatic carbocycles. The summed E-state index contributed by atoms with van der Waals surface area (Å²) in [6.07, 6.45) is 3.77. The molecular formula is C22H20N4O2S2. The average molecular weight is 437 g/mol. The number of aromatic nitrogens is 3. The lowest BCUT2D eigenvalue weighted by Crippen LogP contribution is -2.14. The number of hydrogen-bond acceptors (Lipinski definition) is 6. The Hall–Kier alpha value is -2.97. The minimum Gasteiger partial charge on any atom is -0.453 e. The Bertz CT molecular complexity index is 1170. The molecule has 0 aliphatic heterocycles. The number of hydrogen-bond donors (Lipinski definition) is 1. The molecule has 0 fully saturated rings. The predicted molar refractivity (Wildman–Crippen MR) is 123 cm³/mol. The molecule has 2 heterocycles. The van der Waals surface area contributed by atoms with Crippen molar-refractivity contribution in [2.24, 2.45) is 0 Å². The second-order valence-corrected chi connectivity index (χ2v) is 8.24. The Morgan fingerprint density at radius 1 is 1.20 bits per heavy atom. The van der Waals surface area contributed by atoms with Gasteiger partial charge in [0.2, 0.25) is 11.7 Å². The van der Waals surface area contributed by atoms with Crippen molar-refractivity contribution in [2.45, 2.75) is 16.6 Å². The first-order valence-corrected chi connectivity index (χ1v) is 11.5.